The summed E-state index contributed by atoms with van der Waals surface area (Å²) in [5.41, 5.74) is -1.47. The number of ketones is 1. The van der Waals surface area contributed by atoms with Crippen LogP contribution in [-0.4, -0.2) is 37.9 Å². The normalized spacial score (nSPS) is 18.5. The van der Waals surface area contributed by atoms with Crippen LogP contribution in [0.2, 0.25) is 0 Å². The SMILES string of the molecule is O=C(C=Cc1ccccc1)c1c(F)c(F)c(N2CCC3(CC2)OCCO3)c(F)c1F. The molecule has 30 heavy (non-hydrogen) atoms. The molecular weight excluding hydrogens is 402 g/mol. The number of benzene rings is 2. The van der Waals surface area contributed by atoms with E-state index in [0.29, 0.717) is 31.6 Å². The Bertz CT molecular complexity index is 949. The number of nitrogens with zero attached hydrogens (tertiary/aromatic N) is 1. The average molecular weight is 421 g/mol. The molecule has 4 nitrogen and oxygen atoms in total. The fraction of sp³-hybridized carbons (Fsp3) is 0.318. The predicted octanol–water partition coefficient (Wildman–Crippen LogP) is 4.48. The van der Waals surface area contributed by atoms with E-state index < -0.39 is 46.1 Å². The molecule has 2 saturated heterocycles. The van der Waals surface area contributed by atoms with Gasteiger partial charge in [0.2, 0.25) is 0 Å². The van der Waals surface area contributed by atoms with Crippen LogP contribution in [0.4, 0.5) is 23.2 Å². The van der Waals surface area contributed by atoms with Gasteiger partial charge in [0.25, 0.3) is 0 Å². The van der Waals surface area contributed by atoms with Crippen molar-refractivity contribution in [2.75, 3.05) is 31.2 Å². The first kappa shape index (κ1) is 20.6. The summed E-state index contributed by atoms with van der Waals surface area (Å²) in [6.45, 7) is 1.04. The van der Waals surface area contributed by atoms with E-state index in [1.807, 2.05) is 0 Å². The lowest BCUT2D eigenvalue weighted by molar-refractivity contribution is -0.169. The monoisotopic (exact) mass is 421 g/mol. The van der Waals surface area contributed by atoms with Crippen LogP contribution in [0.15, 0.2) is 36.4 Å². The minimum Gasteiger partial charge on any atom is -0.366 e. The molecule has 2 aromatic rings. The van der Waals surface area contributed by atoms with Crippen LogP contribution < -0.4 is 4.90 Å². The summed E-state index contributed by atoms with van der Waals surface area (Å²) in [6.07, 6.45) is 2.80. The van der Waals surface area contributed by atoms with E-state index >= 15 is 0 Å². The van der Waals surface area contributed by atoms with Crippen molar-refractivity contribution < 1.29 is 31.8 Å². The number of rotatable bonds is 4. The van der Waals surface area contributed by atoms with E-state index in [-0.39, 0.29) is 13.1 Å². The summed E-state index contributed by atoms with van der Waals surface area (Å²) in [5.74, 6) is -8.56. The number of halogens is 4. The van der Waals surface area contributed by atoms with E-state index in [1.54, 1.807) is 30.3 Å². The molecule has 2 aliphatic rings. The standard InChI is InChI=1S/C22H19F4NO3/c23-17-16(15(28)7-6-14-4-2-1-3-5-14)18(24)20(26)21(19(17)25)27-10-8-22(9-11-27)29-12-13-30-22/h1-7H,8-13H2. The smallest absolute Gasteiger partial charge is 0.191 e. The molecular formula is C22H19F4NO3. The van der Waals surface area contributed by atoms with Crippen molar-refractivity contribution in [2.24, 2.45) is 0 Å². The van der Waals surface area contributed by atoms with Crippen LogP contribution in [0.25, 0.3) is 6.08 Å². The van der Waals surface area contributed by atoms with Crippen molar-refractivity contribution in [3.8, 4) is 0 Å². The molecule has 0 aromatic heterocycles. The molecule has 0 bridgehead atoms. The van der Waals surface area contributed by atoms with Gasteiger partial charge in [0.1, 0.15) is 5.69 Å². The Labute approximate surface area is 170 Å². The van der Waals surface area contributed by atoms with Crippen molar-refractivity contribution in [3.63, 3.8) is 0 Å². The first-order chi connectivity index (χ1) is 14.4. The van der Waals surface area contributed by atoms with E-state index in [4.69, 9.17) is 9.47 Å². The summed E-state index contributed by atoms with van der Waals surface area (Å²) in [7, 11) is 0. The zero-order valence-corrected chi connectivity index (χ0v) is 16.0. The highest BCUT2D eigenvalue weighted by molar-refractivity contribution is 6.07. The first-order valence-electron chi connectivity index (χ1n) is 9.58. The quantitative estimate of drug-likeness (QED) is 0.316. The van der Waals surface area contributed by atoms with Crippen LogP contribution in [0, 0.1) is 23.3 Å². The van der Waals surface area contributed by atoms with Crippen molar-refractivity contribution in [2.45, 2.75) is 18.6 Å². The van der Waals surface area contributed by atoms with E-state index in [0.717, 1.165) is 6.08 Å². The highest BCUT2D eigenvalue weighted by Crippen LogP contribution is 2.37. The number of allylic oxidation sites excluding steroid dienone is 1. The van der Waals surface area contributed by atoms with E-state index in [9.17, 15) is 22.4 Å². The molecule has 0 unspecified atom stereocenters. The lowest BCUT2D eigenvalue weighted by atomic mass is 10.0. The maximum atomic E-state index is 14.7. The van der Waals surface area contributed by atoms with Crippen molar-refractivity contribution in [1.82, 2.24) is 0 Å². The second kappa shape index (κ2) is 8.20. The highest BCUT2D eigenvalue weighted by atomic mass is 19.2. The molecule has 0 N–H and O–H groups in total. The molecule has 0 saturated carbocycles. The van der Waals surface area contributed by atoms with Gasteiger partial charge in [-0.25, -0.2) is 17.6 Å². The van der Waals surface area contributed by atoms with Gasteiger partial charge in [-0.2, -0.15) is 0 Å². The summed E-state index contributed by atoms with van der Waals surface area (Å²) in [6, 6.07) is 8.52. The third kappa shape index (κ3) is 3.73. The lowest BCUT2D eigenvalue weighted by Gasteiger charge is -2.38. The number of carbonyl (C=O) groups excluding carboxylic acids is 1. The Morgan fingerprint density at radius 3 is 2.03 bits per heavy atom. The van der Waals surface area contributed by atoms with Crippen LogP contribution in [0.3, 0.4) is 0 Å². The third-order valence-electron chi connectivity index (χ3n) is 5.37. The molecule has 0 aliphatic carbocycles. The van der Waals surface area contributed by atoms with Gasteiger partial charge >= 0.3 is 0 Å². The molecule has 0 amide bonds. The number of anilines is 1. The molecule has 4 rings (SSSR count). The number of piperidine rings is 1. The fourth-order valence-corrected chi connectivity index (χ4v) is 3.79. The van der Waals surface area contributed by atoms with Gasteiger partial charge in [0.15, 0.2) is 34.8 Å². The van der Waals surface area contributed by atoms with Gasteiger partial charge in [0.05, 0.1) is 18.8 Å². The maximum absolute atomic E-state index is 14.7. The maximum Gasteiger partial charge on any atom is 0.191 e. The summed E-state index contributed by atoms with van der Waals surface area (Å²) < 4.78 is 69.8. The summed E-state index contributed by atoms with van der Waals surface area (Å²) in [4.78, 5) is 13.5. The second-order valence-corrected chi connectivity index (χ2v) is 7.18. The third-order valence-corrected chi connectivity index (χ3v) is 5.37. The van der Waals surface area contributed by atoms with Gasteiger partial charge in [-0.15, -0.1) is 0 Å². The predicted molar refractivity (Wildman–Crippen MR) is 102 cm³/mol. The topological polar surface area (TPSA) is 38.8 Å². The molecule has 2 aliphatic heterocycles. The Kier molecular flexibility index (Phi) is 5.62. The van der Waals surface area contributed by atoms with Crippen LogP contribution in [-0.2, 0) is 9.47 Å². The molecule has 2 aromatic carbocycles. The second-order valence-electron chi connectivity index (χ2n) is 7.18. The molecule has 2 fully saturated rings. The van der Waals surface area contributed by atoms with E-state index in [2.05, 4.69) is 0 Å². The fourth-order valence-electron chi connectivity index (χ4n) is 3.79. The highest BCUT2D eigenvalue weighted by Gasteiger charge is 2.41. The molecule has 0 radical (unpaired) electrons. The first-order valence-corrected chi connectivity index (χ1v) is 9.58. The molecule has 0 atom stereocenters. The van der Waals surface area contributed by atoms with Crippen molar-refractivity contribution >= 4 is 17.5 Å². The average Bonchev–Trinajstić information content (AvgIpc) is 3.21. The summed E-state index contributed by atoms with van der Waals surface area (Å²) >= 11 is 0. The minimum absolute atomic E-state index is 0.0912. The number of hydrogen-bond acceptors (Lipinski definition) is 4. The van der Waals surface area contributed by atoms with Gasteiger partial charge in [-0.1, -0.05) is 36.4 Å². The Morgan fingerprint density at radius 2 is 1.47 bits per heavy atom. The van der Waals surface area contributed by atoms with E-state index in [1.165, 1.54) is 11.0 Å². The van der Waals surface area contributed by atoms with Crippen LogP contribution in [0.5, 0.6) is 0 Å². The zero-order chi connectivity index (χ0) is 21.3. The van der Waals surface area contributed by atoms with Gasteiger partial charge in [-0.3, -0.25) is 4.79 Å². The largest absolute Gasteiger partial charge is 0.366 e. The molecule has 158 valence electrons. The lowest BCUT2D eigenvalue weighted by Crippen LogP contribution is -2.46. The minimum atomic E-state index is -1.71. The molecule has 8 heteroatoms. The van der Waals surface area contributed by atoms with Gasteiger partial charge in [-0.05, 0) is 11.6 Å². The Hall–Kier alpha value is -2.71. The molecule has 1 spiro atoms. The van der Waals surface area contributed by atoms with Crippen molar-refractivity contribution in [1.29, 1.82) is 0 Å². The number of ether oxygens (including phenoxy) is 2. The zero-order valence-electron chi connectivity index (χ0n) is 16.0. The van der Waals surface area contributed by atoms with Crippen molar-refractivity contribution in [3.05, 3.63) is 70.8 Å². The van der Waals surface area contributed by atoms with Crippen LogP contribution in [0.1, 0.15) is 28.8 Å². The Balaban J connectivity index is 1.61. The summed E-state index contributed by atoms with van der Waals surface area (Å²) in [5, 5.41) is 0. The number of carbonyl (C=O) groups is 1. The van der Waals surface area contributed by atoms with Gasteiger partial charge < -0.3 is 14.4 Å². The molecule has 2 heterocycles. The van der Waals surface area contributed by atoms with Crippen LogP contribution >= 0.6 is 0 Å². The number of hydrogen-bond donors (Lipinski definition) is 0. The Morgan fingerprint density at radius 1 is 0.900 bits per heavy atom. The van der Waals surface area contributed by atoms with Gasteiger partial charge in [0, 0.05) is 25.9 Å².